The Morgan fingerprint density at radius 2 is 0.470 bits per heavy atom. The van der Waals surface area contributed by atoms with Gasteiger partial charge in [0.15, 0.2) is 6.10 Å². The van der Waals surface area contributed by atoms with Gasteiger partial charge in [-0.05, 0) is 128 Å². The lowest BCUT2D eigenvalue weighted by Crippen LogP contribution is -2.30. The summed E-state index contributed by atoms with van der Waals surface area (Å²) >= 11 is 0. The zero-order valence-electron chi connectivity index (χ0n) is 54.4. The molecule has 0 rings (SSSR count). The van der Waals surface area contributed by atoms with Gasteiger partial charge in [0.1, 0.15) is 13.2 Å². The highest BCUT2D eigenvalue weighted by atomic mass is 16.6. The Morgan fingerprint density at radius 3 is 0.747 bits per heavy atom. The summed E-state index contributed by atoms with van der Waals surface area (Å²) in [4.78, 5) is 38.5. The van der Waals surface area contributed by atoms with Crippen molar-refractivity contribution >= 4 is 17.9 Å². The summed E-state index contributed by atoms with van der Waals surface area (Å²) in [5.74, 6) is -0.915. The summed E-state index contributed by atoms with van der Waals surface area (Å²) in [7, 11) is 0. The average Bonchev–Trinajstić information content (AvgIpc) is 3.50. The van der Waals surface area contributed by atoms with Gasteiger partial charge < -0.3 is 14.2 Å². The van der Waals surface area contributed by atoms with Crippen LogP contribution in [0.15, 0.2) is 122 Å². The Kier molecular flexibility index (Phi) is 66.7. The molecule has 0 aliphatic carbocycles. The lowest BCUT2D eigenvalue weighted by molar-refractivity contribution is -0.167. The van der Waals surface area contributed by atoms with Gasteiger partial charge in [0.25, 0.3) is 0 Å². The van der Waals surface area contributed by atoms with Gasteiger partial charge in [-0.3, -0.25) is 14.4 Å². The predicted octanol–water partition coefficient (Wildman–Crippen LogP) is 24.3. The van der Waals surface area contributed by atoms with E-state index in [4.69, 9.17) is 14.2 Å². The van der Waals surface area contributed by atoms with Crippen molar-refractivity contribution in [2.24, 2.45) is 0 Å². The number of esters is 3. The Bertz CT molecular complexity index is 1700. The van der Waals surface area contributed by atoms with E-state index in [1.165, 1.54) is 141 Å². The first-order chi connectivity index (χ1) is 41.0. The largest absolute Gasteiger partial charge is 0.462 e. The van der Waals surface area contributed by atoms with E-state index in [2.05, 4.69) is 142 Å². The maximum absolute atomic E-state index is 13.0. The molecule has 0 bridgehead atoms. The number of allylic oxidation sites excluding steroid dienone is 20. The third-order valence-electron chi connectivity index (χ3n) is 14.9. The van der Waals surface area contributed by atoms with Crippen molar-refractivity contribution in [3.63, 3.8) is 0 Å². The number of hydrogen-bond acceptors (Lipinski definition) is 6. The van der Waals surface area contributed by atoms with Gasteiger partial charge in [0.2, 0.25) is 0 Å². The number of rotatable bonds is 63. The molecule has 0 aliphatic heterocycles. The second-order valence-corrected chi connectivity index (χ2v) is 23.0. The molecule has 0 N–H and O–H groups in total. The molecule has 0 aromatic carbocycles. The lowest BCUT2D eigenvalue weighted by Gasteiger charge is -2.18. The molecule has 0 radical (unpaired) electrons. The van der Waals surface area contributed by atoms with Crippen molar-refractivity contribution in [3.8, 4) is 0 Å². The number of carbonyl (C=O) groups is 3. The van der Waals surface area contributed by atoms with E-state index in [1.807, 2.05) is 0 Å². The zero-order chi connectivity index (χ0) is 59.9. The van der Waals surface area contributed by atoms with Gasteiger partial charge in [0, 0.05) is 19.3 Å². The summed E-state index contributed by atoms with van der Waals surface area (Å²) < 4.78 is 17.0. The molecule has 0 saturated heterocycles. The van der Waals surface area contributed by atoms with E-state index in [1.54, 1.807) is 0 Å². The van der Waals surface area contributed by atoms with Crippen molar-refractivity contribution in [3.05, 3.63) is 122 Å². The van der Waals surface area contributed by atoms with Crippen LogP contribution in [0.1, 0.15) is 329 Å². The maximum atomic E-state index is 13.0. The minimum Gasteiger partial charge on any atom is -0.462 e. The summed E-state index contributed by atoms with van der Waals surface area (Å²) in [5, 5.41) is 0. The molecule has 0 saturated carbocycles. The summed E-state index contributed by atoms with van der Waals surface area (Å²) in [5.41, 5.74) is 0. The van der Waals surface area contributed by atoms with Crippen LogP contribution in [0.25, 0.3) is 0 Å². The van der Waals surface area contributed by atoms with Crippen LogP contribution in [0.3, 0.4) is 0 Å². The number of ether oxygens (including phenoxy) is 3. The van der Waals surface area contributed by atoms with E-state index in [9.17, 15) is 14.4 Å². The van der Waals surface area contributed by atoms with Crippen molar-refractivity contribution in [2.75, 3.05) is 13.2 Å². The van der Waals surface area contributed by atoms with E-state index in [0.717, 1.165) is 148 Å². The summed E-state index contributed by atoms with van der Waals surface area (Å²) in [6.07, 6.45) is 97.9. The quantitative estimate of drug-likeness (QED) is 0.0261. The van der Waals surface area contributed by atoms with Crippen LogP contribution < -0.4 is 0 Å². The average molecular weight is 1150 g/mol. The topological polar surface area (TPSA) is 78.9 Å². The molecule has 0 aliphatic rings. The van der Waals surface area contributed by atoms with Crippen LogP contribution in [-0.4, -0.2) is 37.2 Å². The van der Waals surface area contributed by atoms with Crippen LogP contribution in [0.2, 0.25) is 0 Å². The number of unbranched alkanes of at least 4 members (excludes halogenated alkanes) is 32. The third kappa shape index (κ3) is 68.5. The summed E-state index contributed by atoms with van der Waals surface area (Å²) in [6.45, 7) is 6.42. The molecule has 0 amide bonds. The van der Waals surface area contributed by atoms with Crippen LogP contribution in [0.4, 0.5) is 0 Å². The highest BCUT2D eigenvalue weighted by Crippen LogP contribution is 2.17. The van der Waals surface area contributed by atoms with Crippen molar-refractivity contribution < 1.29 is 28.6 Å². The van der Waals surface area contributed by atoms with Crippen LogP contribution in [0.5, 0.6) is 0 Å². The summed E-state index contributed by atoms with van der Waals surface area (Å²) in [6, 6.07) is 0. The normalized spacial score (nSPS) is 12.9. The first-order valence-corrected chi connectivity index (χ1v) is 35.0. The van der Waals surface area contributed by atoms with Crippen LogP contribution in [0, 0.1) is 0 Å². The fourth-order valence-corrected chi connectivity index (χ4v) is 9.75. The fraction of sp³-hybridized carbons (Fsp3) is 0.701. The fourth-order valence-electron chi connectivity index (χ4n) is 9.75. The van der Waals surface area contributed by atoms with Gasteiger partial charge in [-0.2, -0.15) is 0 Å². The highest BCUT2D eigenvalue weighted by molar-refractivity contribution is 5.71. The van der Waals surface area contributed by atoms with Gasteiger partial charge in [-0.15, -0.1) is 0 Å². The minimum atomic E-state index is -0.800. The first kappa shape index (κ1) is 78.8. The van der Waals surface area contributed by atoms with Gasteiger partial charge in [-0.25, -0.2) is 0 Å². The van der Waals surface area contributed by atoms with Crippen LogP contribution in [-0.2, 0) is 28.6 Å². The molecule has 0 aromatic rings. The first-order valence-electron chi connectivity index (χ1n) is 35.0. The maximum Gasteiger partial charge on any atom is 0.306 e. The van der Waals surface area contributed by atoms with Crippen molar-refractivity contribution in [1.82, 2.24) is 0 Å². The predicted molar refractivity (Wildman–Crippen MR) is 362 cm³/mol. The molecule has 474 valence electrons. The Labute approximate surface area is 513 Å². The van der Waals surface area contributed by atoms with Gasteiger partial charge in [-0.1, -0.05) is 303 Å². The van der Waals surface area contributed by atoms with Crippen molar-refractivity contribution in [1.29, 1.82) is 0 Å². The zero-order valence-corrected chi connectivity index (χ0v) is 54.4. The minimum absolute atomic E-state index is 0.0919. The Morgan fingerprint density at radius 1 is 0.253 bits per heavy atom. The van der Waals surface area contributed by atoms with E-state index in [-0.39, 0.29) is 31.1 Å². The second-order valence-electron chi connectivity index (χ2n) is 23.0. The lowest BCUT2D eigenvalue weighted by atomic mass is 10.0. The highest BCUT2D eigenvalue weighted by Gasteiger charge is 2.19. The monoisotopic (exact) mass is 1150 g/mol. The van der Waals surface area contributed by atoms with Gasteiger partial charge >= 0.3 is 17.9 Å². The smallest absolute Gasteiger partial charge is 0.306 e. The molecule has 1 atom stereocenters. The van der Waals surface area contributed by atoms with E-state index in [0.29, 0.717) is 19.3 Å². The molecule has 0 fully saturated rings. The Balaban J connectivity index is 4.42. The molecule has 1 unspecified atom stereocenters. The van der Waals surface area contributed by atoms with Crippen LogP contribution >= 0.6 is 0 Å². The molecule has 0 spiro atoms. The van der Waals surface area contributed by atoms with Crippen molar-refractivity contribution in [2.45, 2.75) is 335 Å². The number of hydrogen-bond donors (Lipinski definition) is 0. The van der Waals surface area contributed by atoms with Gasteiger partial charge in [0.05, 0.1) is 0 Å². The second kappa shape index (κ2) is 70.3. The molecule has 6 heteroatoms. The van der Waals surface area contributed by atoms with E-state index >= 15 is 0 Å². The molecule has 0 heterocycles. The molecular formula is C77H130O6. The Hall–Kier alpha value is -4.19. The molecule has 6 nitrogen and oxygen atoms in total. The van der Waals surface area contributed by atoms with E-state index < -0.39 is 6.10 Å². The standard InChI is InChI=1S/C77H130O6/c1-4-7-10-13-16-19-22-25-28-31-34-36-37-38-39-41-43-46-49-52-55-58-61-64-67-70-76(79)82-73-74(72-81-75(78)69-66-63-60-57-54-51-48-45-42-33-30-27-24-21-18-15-12-9-6-3)83-77(80)71-68-65-62-59-56-53-50-47-44-40-35-32-29-26-23-20-17-14-11-8-5-2/h8-9,11-12,17-18,20-21,26-27,29-31,34-35,40,42,45,47,50,74H,4-7,10,13-16,19,22-25,28,32-33,36-39,41,43-44,46,48-49,51-73H2,1-3H3/b11-8-,12-9-,20-17-,21-18-,29-26-,30-27-,34-31-,40-35-,45-42-,50-47-. The molecular weight excluding hydrogens is 1020 g/mol. The molecule has 83 heavy (non-hydrogen) atoms. The SMILES string of the molecule is CC/C=C\C/C=C\C/C=C\C/C=C\C/C=C\CCCCCCCC(=O)OC(COC(=O)CCCCCCCC/C=C\C/C=C\C/C=C\C/C=C\CC)COC(=O)CCCCCCCCCCCCCCC/C=C\CCCCCCCCCC. The molecule has 0 aromatic heterocycles. The number of carbonyl (C=O) groups excluding carboxylic acids is 3. The third-order valence-corrected chi connectivity index (χ3v) is 14.9.